The largest absolute Gasteiger partial charge is 0.497 e. The van der Waals surface area contributed by atoms with Gasteiger partial charge in [-0.05, 0) is 67.3 Å². The summed E-state index contributed by atoms with van der Waals surface area (Å²) in [6.45, 7) is 4.15. The number of methoxy groups -OCH3 is 1. The Labute approximate surface area is 169 Å². The number of ether oxygens (including phenoxy) is 1. The summed E-state index contributed by atoms with van der Waals surface area (Å²) in [6, 6.07) is 13.6. The van der Waals surface area contributed by atoms with Crippen molar-refractivity contribution in [3.8, 4) is 5.75 Å². The number of thioether (sulfide) groups is 1. The molecule has 28 heavy (non-hydrogen) atoms. The van der Waals surface area contributed by atoms with Gasteiger partial charge in [0, 0.05) is 12.4 Å². The molecule has 0 spiro atoms. The van der Waals surface area contributed by atoms with Gasteiger partial charge in [0.15, 0.2) is 5.17 Å². The number of aliphatic hydroxyl groups excluding tert-OH is 1. The van der Waals surface area contributed by atoms with Crippen LogP contribution in [0, 0.1) is 13.8 Å². The topological polar surface area (TPSA) is 62.1 Å². The Morgan fingerprint density at radius 1 is 1.14 bits per heavy atom. The summed E-state index contributed by atoms with van der Waals surface area (Å²) in [5.74, 6) is 1.31. The highest BCUT2D eigenvalue weighted by molar-refractivity contribution is 8.14. The van der Waals surface area contributed by atoms with Gasteiger partial charge in [0.2, 0.25) is 0 Å². The lowest BCUT2D eigenvalue weighted by Gasteiger charge is -2.19. The number of hydrogen-bond acceptors (Lipinski definition) is 5. The van der Waals surface area contributed by atoms with E-state index in [9.17, 15) is 4.79 Å². The van der Waals surface area contributed by atoms with Crippen molar-refractivity contribution in [2.24, 2.45) is 4.99 Å². The van der Waals surface area contributed by atoms with Gasteiger partial charge in [0.1, 0.15) is 11.4 Å². The maximum absolute atomic E-state index is 13.2. The second-order valence-corrected chi connectivity index (χ2v) is 7.67. The van der Waals surface area contributed by atoms with E-state index in [0.717, 1.165) is 28.1 Å². The quantitative estimate of drug-likeness (QED) is 0.588. The molecule has 0 aliphatic carbocycles. The van der Waals surface area contributed by atoms with Crippen LogP contribution in [0.2, 0.25) is 0 Å². The Hall–Kier alpha value is -2.57. The molecule has 5 nitrogen and oxygen atoms in total. The number of aryl methyl sites for hydroxylation is 2. The fourth-order valence-corrected chi connectivity index (χ4v) is 3.92. The van der Waals surface area contributed by atoms with Gasteiger partial charge in [-0.3, -0.25) is 9.69 Å². The number of amides is 1. The molecule has 2 aromatic carbocycles. The lowest BCUT2D eigenvalue weighted by Crippen LogP contribution is -2.30. The number of carbonyl (C=O) groups is 1. The zero-order valence-electron chi connectivity index (χ0n) is 16.3. The molecule has 1 heterocycles. The third-order valence-electron chi connectivity index (χ3n) is 4.25. The first-order valence-electron chi connectivity index (χ1n) is 9.12. The van der Waals surface area contributed by atoms with Crippen LogP contribution >= 0.6 is 11.8 Å². The Morgan fingerprint density at radius 2 is 1.82 bits per heavy atom. The average Bonchev–Trinajstić information content (AvgIpc) is 2.97. The monoisotopic (exact) mass is 396 g/mol. The van der Waals surface area contributed by atoms with Crippen molar-refractivity contribution in [3.05, 3.63) is 64.9 Å². The van der Waals surface area contributed by atoms with Gasteiger partial charge in [-0.1, -0.05) is 30.0 Å². The molecule has 0 atom stereocenters. The lowest BCUT2D eigenvalue weighted by molar-refractivity contribution is -0.113. The van der Waals surface area contributed by atoms with Gasteiger partial charge >= 0.3 is 0 Å². The second-order valence-electron chi connectivity index (χ2n) is 6.61. The van der Waals surface area contributed by atoms with E-state index in [4.69, 9.17) is 9.84 Å². The summed E-state index contributed by atoms with van der Waals surface area (Å²) < 4.78 is 5.18. The van der Waals surface area contributed by atoms with Gasteiger partial charge in [-0.15, -0.1) is 0 Å². The number of nitrogens with zero attached hydrogens (tertiary/aromatic N) is 2. The number of carbonyl (C=O) groups excluding carboxylic acids is 1. The van der Waals surface area contributed by atoms with Crippen LogP contribution in [0.15, 0.2) is 53.2 Å². The van der Waals surface area contributed by atoms with E-state index in [1.54, 1.807) is 18.1 Å². The van der Waals surface area contributed by atoms with Crippen molar-refractivity contribution in [1.29, 1.82) is 0 Å². The predicted molar refractivity (Wildman–Crippen MR) is 116 cm³/mol. The van der Waals surface area contributed by atoms with Gasteiger partial charge in [0.25, 0.3) is 5.91 Å². The molecule has 0 saturated carbocycles. The van der Waals surface area contributed by atoms with E-state index < -0.39 is 0 Å². The summed E-state index contributed by atoms with van der Waals surface area (Å²) in [7, 11) is 1.62. The van der Waals surface area contributed by atoms with Crippen LogP contribution in [-0.2, 0) is 4.79 Å². The number of benzene rings is 2. The third kappa shape index (κ3) is 4.64. The minimum absolute atomic E-state index is 0.117. The third-order valence-corrected chi connectivity index (χ3v) is 5.27. The fraction of sp³-hybridized carbons (Fsp3) is 0.273. The summed E-state index contributed by atoms with van der Waals surface area (Å²) in [6.07, 6.45) is 2.44. The second kappa shape index (κ2) is 9.08. The lowest BCUT2D eigenvalue weighted by atomic mass is 10.1. The van der Waals surface area contributed by atoms with Crippen LogP contribution in [-0.4, -0.2) is 35.7 Å². The molecule has 0 fully saturated rings. The zero-order valence-corrected chi connectivity index (χ0v) is 17.1. The smallest absolute Gasteiger partial charge is 0.283 e. The van der Waals surface area contributed by atoms with Gasteiger partial charge in [-0.2, -0.15) is 0 Å². The molecule has 1 amide bonds. The highest BCUT2D eigenvalue weighted by Gasteiger charge is 2.32. The minimum atomic E-state index is -0.146. The van der Waals surface area contributed by atoms with Crippen LogP contribution < -0.4 is 9.64 Å². The summed E-state index contributed by atoms with van der Waals surface area (Å²) in [4.78, 5) is 19.4. The number of hydrogen-bond donors (Lipinski definition) is 1. The zero-order chi connectivity index (χ0) is 20.1. The average molecular weight is 397 g/mol. The minimum Gasteiger partial charge on any atom is -0.497 e. The SMILES string of the molecule is COc1ccc(/C=C2\N=C(SCCCO)N(c3cc(C)cc(C)c3)C2=O)cc1. The van der Waals surface area contributed by atoms with Crippen molar-refractivity contribution < 1.29 is 14.6 Å². The Bertz CT molecular complexity index is 900. The first-order chi connectivity index (χ1) is 13.5. The molecule has 0 aromatic heterocycles. The van der Waals surface area contributed by atoms with Crippen molar-refractivity contribution in [1.82, 2.24) is 0 Å². The molecular formula is C22H24N2O3S. The highest BCUT2D eigenvalue weighted by Crippen LogP contribution is 2.31. The molecule has 146 valence electrons. The van der Waals surface area contributed by atoms with Crippen LogP contribution in [0.5, 0.6) is 5.75 Å². The van der Waals surface area contributed by atoms with E-state index in [1.807, 2.05) is 50.2 Å². The first kappa shape index (κ1) is 20.2. The Balaban J connectivity index is 1.95. The van der Waals surface area contributed by atoms with Crippen LogP contribution in [0.4, 0.5) is 5.69 Å². The van der Waals surface area contributed by atoms with Crippen LogP contribution in [0.3, 0.4) is 0 Å². The normalized spacial score (nSPS) is 15.3. The summed E-state index contributed by atoms with van der Waals surface area (Å²) in [5, 5.41) is 9.72. The molecule has 0 saturated heterocycles. The first-order valence-corrected chi connectivity index (χ1v) is 10.1. The molecule has 1 N–H and O–H groups in total. The molecule has 6 heteroatoms. The predicted octanol–water partition coefficient (Wildman–Crippen LogP) is 4.17. The number of aliphatic hydroxyl groups is 1. The van der Waals surface area contributed by atoms with Crippen molar-refractivity contribution in [2.75, 3.05) is 24.4 Å². The molecule has 1 aliphatic rings. The van der Waals surface area contributed by atoms with E-state index in [1.165, 1.54) is 11.8 Å². The van der Waals surface area contributed by atoms with Gasteiger partial charge in [0.05, 0.1) is 12.8 Å². The summed E-state index contributed by atoms with van der Waals surface area (Å²) in [5.41, 5.74) is 4.28. The van der Waals surface area contributed by atoms with Crippen LogP contribution in [0.1, 0.15) is 23.1 Å². The van der Waals surface area contributed by atoms with Crippen LogP contribution in [0.25, 0.3) is 6.08 Å². The standard InChI is InChI=1S/C22H24N2O3S/c1-15-11-16(2)13-18(12-15)24-21(26)20(23-22(24)28-10-4-9-25)14-17-5-7-19(27-3)8-6-17/h5-8,11-14,25H,4,9-10H2,1-3H3/b20-14-. The molecular weight excluding hydrogens is 372 g/mol. The molecule has 1 aliphatic heterocycles. The molecule has 3 rings (SSSR count). The van der Waals surface area contributed by atoms with Crippen molar-refractivity contribution in [2.45, 2.75) is 20.3 Å². The Kier molecular flexibility index (Phi) is 6.54. The number of amidine groups is 1. The van der Waals surface area contributed by atoms with E-state index >= 15 is 0 Å². The number of aliphatic imine (C=N–C) groups is 1. The maximum atomic E-state index is 13.2. The molecule has 2 aromatic rings. The fourth-order valence-electron chi connectivity index (χ4n) is 2.99. The molecule has 0 unspecified atom stereocenters. The van der Waals surface area contributed by atoms with E-state index in [-0.39, 0.29) is 12.5 Å². The number of anilines is 1. The van der Waals surface area contributed by atoms with Gasteiger partial charge in [-0.25, -0.2) is 4.99 Å². The number of rotatable bonds is 6. The van der Waals surface area contributed by atoms with Crippen molar-refractivity contribution in [3.63, 3.8) is 0 Å². The van der Waals surface area contributed by atoms with Crippen molar-refractivity contribution >= 4 is 34.6 Å². The summed E-state index contributed by atoms with van der Waals surface area (Å²) >= 11 is 1.48. The van der Waals surface area contributed by atoms with Gasteiger partial charge < -0.3 is 9.84 Å². The highest BCUT2D eigenvalue weighted by atomic mass is 32.2. The maximum Gasteiger partial charge on any atom is 0.283 e. The molecule has 0 radical (unpaired) electrons. The Morgan fingerprint density at radius 3 is 2.43 bits per heavy atom. The molecule has 0 bridgehead atoms. The van der Waals surface area contributed by atoms with E-state index in [2.05, 4.69) is 11.1 Å². The van der Waals surface area contributed by atoms with E-state index in [0.29, 0.717) is 23.0 Å².